The van der Waals surface area contributed by atoms with E-state index in [-0.39, 0.29) is 64.1 Å². The Morgan fingerprint density at radius 3 is 2.58 bits per heavy atom. The molecule has 3 aromatic rings. The average Bonchev–Trinajstić information content (AvgIpc) is 2.80. The van der Waals surface area contributed by atoms with E-state index < -0.39 is 17.3 Å². The molecule has 0 bridgehead atoms. The first kappa shape index (κ1) is 25.4. The third-order valence-corrected chi connectivity index (χ3v) is 5.83. The Balaban J connectivity index is 1.61. The van der Waals surface area contributed by atoms with Gasteiger partial charge in [-0.3, -0.25) is 9.59 Å². The van der Waals surface area contributed by atoms with Crippen molar-refractivity contribution in [2.75, 3.05) is 25.5 Å². The molecule has 12 heteroatoms. The lowest BCUT2D eigenvalue weighted by atomic mass is 10.0. The van der Waals surface area contributed by atoms with Gasteiger partial charge in [0.2, 0.25) is 0 Å². The van der Waals surface area contributed by atoms with Gasteiger partial charge in [0.05, 0.1) is 41.3 Å². The Kier molecular flexibility index (Phi) is 6.90. The van der Waals surface area contributed by atoms with Crippen molar-refractivity contribution in [3.63, 3.8) is 0 Å². The molecule has 1 aliphatic rings. The van der Waals surface area contributed by atoms with E-state index in [0.29, 0.717) is 13.1 Å². The average molecular weight is 505 g/mol. The number of aromatic nitrogens is 3. The Hall–Kier alpha value is -3.67. The number of nitrogens with one attached hydrogen (secondary N) is 2. The number of carbonyl (C=O) groups is 1. The van der Waals surface area contributed by atoms with Gasteiger partial charge in [0.15, 0.2) is 11.6 Å². The number of benzene rings is 1. The van der Waals surface area contributed by atoms with E-state index in [2.05, 4.69) is 20.3 Å². The van der Waals surface area contributed by atoms with E-state index in [1.807, 2.05) is 13.8 Å². The number of rotatable bonds is 5. The van der Waals surface area contributed by atoms with Gasteiger partial charge in [-0.1, -0.05) is 0 Å². The molecule has 1 amide bonds. The van der Waals surface area contributed by atoms with Crippen LogP contribution in [-0.4, -0.2) is 58.2 Å². The summed E-state index contributed by atoms with van der Waals surface area (Å²) >= 11 is 0. The van der Waals surface area contributed by atoms with Crippen molar-refractivity contribution in [2.45, 2.75) is 45.7 Å². The molecule has 36 heavy (non-hydrogen) atoms. The highest BCUT2D eigenvalue weighted by molar-refractivity contribution is 5.95. The minimum absolute atomic E-state index is 0.0419. The van der Waals surface area contributed by atoms with Crippen molar-refractivity contribution >= 4 is 22.6 Å². The van der Waals surface area contributed by atoms with Crippen LogP contribution in [0.1, 0.15) is 41.2 Å². The number of aromatic amines is 1. The van der Waals surface area contributed by atoms with E-state index >= 15 is 0 Å². The minimum Gasteiger partial charge on any atom is -0.493 e. The van der Waals surface area contributed by atoms with Crippen molar-refractivity contribution < 1.29 is 27.4 Å². The van der Waals surface area contributed by atoms with E-state index in [4.69, 9.17) is 9.47 Å². The number of halogens is 3. The third-order valence-electron chi connectivity index (χ3n) is 5.83. The normalized spacial score (nSPS) is 18.4. The topological polar surface area (TPSA) is 109 Å². The lowest BCUT2D eigenvalue weighted by molar-refractivity contribution is -0.138. The van der Waals surface area contributed by atoms with Gasteiger partial charge in [-0.15, -0.1) is 0 Å². The second-order valence-corrected chi connectivity index (χ2v) is 8.77. The first-order chi connectivity index (χ1) is 17.0. The quantitative estimate of drug-likeness (QED) is 0.546. The molecule has 2 unspecified atom stereocenters. The minimum atomic E-state index is -4.66. The third kappa shape index (κ3) is 5.27. The molecule has 1 aliphatic heterocycles. The van der Waals surface area contributed by atoms with Crippen molar-refractivity contribution in [1.29, 1.82) is 0 Å². The lowest BCUT2D eigenvalue weighted by Crippen LogP contribution is -2.48. The first-order valence-electron chi connectivity index (χ1n) is 11.3. The van der Waals surface area contributed by atoms with Crippen LogP contribution in [-0.2, 0) is 17.5 Å². The number of ether oxygens (including phenoxy) is 2. The summed E-state index contributed by atoms with van der Waals surface area (Å²) in [6.45, 7) is 5.83. The number of methoxy groups -OCH3 is 1. The number of anilines is 1. The van der Waals surface area contributed by atoms with Crippen LogP contribution < -0.4 is 15.6 Å². The summed E-state index contributed by atoms with van der Waals surface area (Å²) < 4.78 is 52.4. The molecule has 2 atom stereocenters. The monoisotopic (exact) mass is 505 g/mol. The van der Waals surface area contributed by atoms with Gasteiger partial charge in [-0.2, -0.15) is 13.2 Å². The molecule has 1 fully saturated rings. The molecule has 9 nitrogen and oxygen atoms in total. The maximum atomic E-state index is 13.8. The molecule has 1 aromatic carbocycles. The molecule has 192 valence electrons. The summed E-state index contributed by atoms with van der Waals surface area (Å²) in [4.78, 5) is 37.7. The van der Waals surface area contributed by atoms with Crippen LogP contribution in [0.15, 0.2) is 29.2 Å². The smallest absolute Gasteiger partial charge is 0.416 e. The molecular formula is C24H26F3N5O4. The molecule has 0 spiro atoms. The number of hydrogen-bond donors (Lipinski definition) is 2. The van der Waals surface area contributed by atoms with E-state index in [0.717, 1.165) is 6.07 Å². The summed E-state index contributed by atoms with van der Waals surface area (Å²) in [6, 6.07) is 3.53. The van der Waals surface area contributed by atoms with Crippen LogP contribution in [0.5, 0.6) is 5.75 Å². The number of hydrogen-bond acceptors (Lipinski definition) is 7. The van der Waals surface area contributed by atoms with Gasteiger partial charge in [0.1, 0.15) is 5.82 Å². The molecule has 0 saturated carbocycles. The number of alkyl halides is 3. The second-order valence-electron chi connectivity index (χ2n) is 8.77. The van der Waals surface area contributed by atoms with Crippen LogP contribution in [0.25, 0.3) is 10.9 Å². The zero-order valence-electron chi connectivity index (χ0n) is 20.2. The zero-order chi connectivity index (χ0) is 26.2. The van der Waals surface area contributed by atoms with Crippen LogP contribution in [0.3, 0.4) is 0 Å². The Bertz CT molecular complexity index is 1350. The Morgan fingerprint density at radius 2 is 1.94 bits per heavy atom. The van der Waals surface area contributed by atoms with Gasteiger partial charge >= 0.3 is 6.18 Å². The molecule has 2 aromatic heterocycles. The fraction of sp³-hybridized carbons (Fsp3) is 0.417. The van der Waals surface area contributed by atoms with Gasteiger partial charge in [0.25, 0.3) is 11.5 Å². The van der Waals surface area contributed by atoms with Crippen LogP contribution in [0.4, 0.5) is 19.0 Å². The number of H-pyrrole nitrogens is 1. The fourth-order valence-corrected chi connectivity index (χ4v) is 4.31. The highest BCUT2D eigenvalue weighted by atomic mass is 19.4. The summed E-state index contributed by atoms with van der Waals surface area (Å²) in [5, 5.41) is 2.88. The molecule has 4 rings (SSSR count). The van der Waals surface area contributed by atoms with Gasteiger partial charge in [-0.25, -0.2) is 9.97 Å². The highest BCUT2D eigenvalue weighted by Crippen LogP contribution is 2.34. The van der Waals surface area contributed by atoms with E-state index in [9.17, 15) is 22.8 Å². The van der Waals surface area contributed by atoms with Gasteiger partial charge in [0, 0.05) is 25.8 Å². The van der Waals surface area contributed by atoms with Crippen molar-refractivity contribution in [2.24, 2.45) is 0 Å². The predicted octanol–water partition coefficient (Wildman–Crippen LogP) is 3.52. The van der Waals surface area contributed by atoms with E-state index in [1.54, 1.807) is 4.90 Å². The van der Waals surface area contributed by atoms with Gasteiger partial charge in [-0.05, 0) is 44.5 Å². The molecule has 1 saturated heterocycles. The van der Waals surface area contributed by atoms with Crippen LogP contribution in [0, 0.1) is 6.92 Å². The number of nitrogens with zero attached hydrogens (tertiary/aromatic N) is 3. The maximum absolute atomic E-state index is 13.8. The largest absolute Gasteiger partial charge is 0.493 e. The SMILES string of the molecule is COc1cc(C(=O)N2CC(C)OC(C)C2)cnc1NCc1cc2c(=O)[nH]c(C)nc2cc1C(F)(F)F. The van der Waals surface area contributed by atoms with Crippen LogP contribution >= 0.6 is 0 Å². The summed E-state index contributed by atoms with van der Waals surface area (Å²) in [6.07, 6.45) is -3.53. The Morgan fingerprint density at radius 1 is 1.25 bits per heavy atom. The van der Waals surface area contributed by atoms with Crippen LogP contribution in [0.2, 0.25) is 0 Å². The predicted molar refractivity (Wildman–Crippen MR) is 126 cm³/mol. The molecule has 3 heterocycles. The number of amides is 1. The van der Waals surface area contributed by atoms with E-state index in [1.165, 1.54) is 32.4 Å². The molecule has 2 N–H and O–H groups in total. The number of morpholine rings is 1. The second kappa shape index (κ2) is 9.76. The first-order valence-corrected chi connectivity index (χ1v) is 11.3. The molecule has 0 radical (unpaired) electrons. The van der Waals surface area contributed by atoms with Crippen molar-refractivity contribution in [3.05, 3.63) is 57.3 Å². The van der Waals surface area contributed by atoms with Gasteiger partial charge < -0.3 is 24.7 Å². The highest BCUT2D eigenvalue weighted by Gasteiger charge is 2.34. The zero-order valence-corrected chi connectivity index (χ0v) is 20.2. The summed E-state index contributed by atoms with van der Waals surface area (Å²) in [5.74, 6) is 0.322. The summed E-state index contributed by atoms with van der Waals surface area (Å²) in [7, 11) is 1.38. The fourth-order valence-electron chi connectivity index (χ4n) is 4.31. The standard InChI is InChI=1S/C24H26F3N5O4/c1-12-10-32(11-13(2)36-12)23(34)16-6-20(35-4)21(29-9-16)28-8-15-5-17-19(7-18(15)24(25,26)27)30-14(3)31-22(17)33/h5-7,9,12-13H,8,10-11H2,1-4H3,(H,28,29)(H,30,31,33). The molecular weight excluding hydrogens is 479 g/mol. The molecule has 0 aliphatic carbocycles. The Labute approximate surface area is 204 Å². The number of fused-ring (bicyclic) bond motifs is 1. The lowest BCUT2D eigenvalue weighted by Gasteiger charge is -2.35. The number of pyridine rings is 1. The van der Waals surface area contributed by atoms with Crippen molar-refractivity contribution in [3.8, 4) is 5.75 Å². The maximum Gasteiger partial charge on any atom is 0.416 e. The number of aryl methyl sites for hydroxylation is 1. The van der Waals surface area contributed by atoms with Crippen molar-refractivity contribution in [1.82, 2.24) is 19.9 Å². The number of carbonyl (C=O) groups excluding carboxylic acids is 1. The summed E-state index contributed by atoms with van der Waals surface area (Å²) in [5.41, 5.74) is -1.36.